The van der Waals surface area contributed by atoms with Crippen LogP contribution in [0.5, 0.6) is 5.75 Å². The van der Waals surface area contributed by atoms with E-state index in [0.29, 0.717) is 11.6 Å². The molecule has 148 valence electrons. The van der Waals surface area contributed by atoms with Gasteiger partial charge in [0.1, 0.15) is 5.75 Å². The number of fused-ring (bicyclic) bond motifs is 3. The van der Waals surface area contributed by atoms with E-state index in [9.17, 15) is 4.79 Å². The summed E-state index contributed by atoms with van der Waals surface area (Å²) in [5.41, 5.74) is 3.91. The molecule has 2 aliphatic rings. The summed E-state index contributed by atoms with van der Waals surface area (Å²) in [6.45, 7) is 5.09. The average Bonchev–Trinajstić information content (AvgIpc) is 2.74. The lowest BCUT2D eigenvalue weighted by Gasteiger charge is -2.44. The van der Waals surface area contributed by atoms with Gasteiger partial charge in [-0.3, -0.25) is 9.69 Å². The van der Waals surface area contributed by atoms with Crippen LogP contribution in [0.25, 0.3) is 0 Å². The van der Waals surface area contributed by atoms with Gasteiger partial charge in [-0.25, -0.2) is 0 Å². The van der Waals surface area contributed by atoms with Crippen molar-refractivity contribution in [2.45, 2.75) is 38.3 Å². The van der Waals surface area contributed by atoms with E-state index < -0.39 is 0 Å². The Balaban J connectivity index is 1.54. The minimum Gasteiger partial charge on any atom is -0.497 e. The number of amides is 1. The van der Waals surface area contributed by atoms with Gasteiger partial charge in [0.25, 0.3) is 5.91 Å². The molecule has 2 aromatic rings. The van der Waals surface area contributed by atoms with Crippen LogP contribution in [0, 0.1) is 0 Å². The monoisotopic (exact) mass is 380 g/mol. The number of hydrogen-bond acceptors (Lipinski definition) is 4. The molecule has 4 rings (SSSR count). The number of rotatable bonds is 5. The Hall–Kier alpha value is -2.37. The number of nitrogens with zero attached hydrogens (tertiary/aromatic N) is 1. The third kappa shape index (κ3) is 3.77. The predicted octanol–water partition coefficient (Wildman–Crippen LogP) is 4.05. The Morgan fingerprint density at radius 3 is 2.82 bits per heavy atom. The molecule has 1 heterocycles. The van der Waals surface area contributed by atoms with Crippen molar-refractivity contribution in [1.29, 1.82) is 0 Å². The maximum absolute atomic E-state index is 12.8. The zero-order valence-corrected chi connectivity index (χ0v) is 16.6. The van der Waals surface area contributed by atoms with Gasteiger partial charge in [0, 0.05) is 23.8 Å². The molecule has 1 aliphatic carbocycles. The van der Waals surface area contributed by atoms with E-state index in [2.05, 4.69) is 23.2 Å². The van der Waals surface area contributed by atoms with Crippen molar-refractivity contribution in [2.24, 2.45) is 0 Å². The molecule has 0 saturated carbocycles. The molecule has 1 fully saturated rings. The number of methoxy groups -OCH3 is 1. The number of aryl methyl sites for hydroxylation is 1. The SMILES string of the molecule is CCCN1CCO[C@@H]2c3cc(C(=O)Nc4ccc(OC)cc4)ccc3CC[C@H]21. The van der Waals surface area contributed by atoms with E-state index in [-0.39, 0.29) is 12.0 Å². The zero-order chi connectivity index (χ0) is 19.5. The normalized spacial score (nSPS) is 21.5. The van der Waals surface area contributed by atoms with E-state index in [1.54, 1.807) is 7.11 Å². The molecule has 5 nitrogen and oxygen atoms in total. The van der Waals surface area contributed by atoms with Gasteiger partial charge in [0.15, 0.2) is 0 Å². The Kier molecular flexibility index (Phi) is 5.64. The summed E-state index contributed by atoms with van der Waals surface area (Å²) in [5.74, 6) is 0.667. The first kappa shape index (κ1) is 19.0. The van der Waals surface area contributed by atoms with Crippen LogP contribution in [0.2, 0.25) is 0 Å². The van der Waals surface area contributed by atoms with Crippen LogP contribution in [0.15, 0.2) is 42.5 Å². The van der Waals surface area contributed by atoms with E-state index in [1.165, 1.54) is 11.1 Å². The topological polar surface area (TPSA) is 50.8 Å². The van der Waals surface area contributed by atoms with E-state index >= 15 is 0 Å². The zero-order valence-electron chi connectivity index (χ0n) is 16.6. The number of nitrogens with one attached hydrogen (secondary N) is 1. The van der Waals surface area contributed by atoms with Gasteiger partial charge in [-0.1, -0.05) is 13.0 Å². The van der Waals surface area contributed by atoms with Crippen LogP contribution in [0.4, 0.5) is 5.69 Å². The fraction of sp³-hybridized carbons (Fsp3) is 0.435. The summed E-state index contributed by atoms with van der Waals surface area (Å²) in [4.78, 5) is 15.3. The summed E-state index contributed by atoms with van der Waals surface area (Å²) in [6, 6.07) is 13.8. The van der Waals surface area contributed by atoms with Crippen LogP contribution in [0.3, 0.4) is 0 Å². The number of anilines is 1. The van der Waals surface area contributed by atoms with E-state index in [0.717, 1.165) is 50.4 Å². The Bertz CT molecular complexity index is 832. The number of ether oxygens (including phenoxy) is 2. The standard InChI is InChI=1S/C23H28N2O3/c1-3-12-25-13-14-28-22-20-15-17(5-4-16(20)6-11-21(22)25)23(26)24-18-7-9-19(27-2)10-8-18/h4-5,7-10,15,21-22H,3,6,11-14H2,1-2H3,(H,24,26)/t21-,22-/m1/s1. The first-order valence-corrected chi connectivity index (χ1v) is 10.1. The van der Waals surface area contributed by atoms with Crippen molar-refractivity contribution in [2.75, 3.05) is 32.1 Å². The van der Waals surface area contributed by atoms with Gasteiger partial charge in [-0.15, -0.1) is 0 Å². The van der Waals surface area contributed by atoms with Gasteiger partial charge in [0.05, 0.1) is 19.8 Å². The van der Waals surface area contributed by atoms with Gasteiger partial charge in [0.2, 0.25) is 0 Å². The minimum absolute atomic E-state index is 0.0674. The number of carbonyl (C=O) groups excluding carboxylic acids is 1. The van der Waals surface area contributed by atoms with Gasteiger partial charge in [-0.2, -0.15) is 0 Å². The third-order valence-electron chi connectivity index (χ3n) is 5.78. The van der Waals surface area contributed by atoms with Gasteiger partial charge >= 0.3 is 0 Å². The van der Waals surface area contributed by atoms with Crippen LogP contribution < -0.4 is 10.1 Å². The lowest BCUT2D eigenvalue weighted by atomic mass is 9.83. The molecule has 0 bridgehead atoms. The van der Waals surface area contributed by atoms with Crippen molar-refractivity contribution in [1.82, 2.24) is 4.90 Å². The Morgan fingerprint density at radius 2 is 2.07 bits per heavy atom. The molecule has 28 heavy (non-hydrogen) atoms. The summed E-state index contributed by atoms with van der Waals surface area (Å²) in [5, 5.41) is 2.97. The largest absolute Gasteiger partial charge is 0.497 e. The Labute approximate surface area is 166 Å². The second-order valence-corrected chi connectivity index (χ2v) is 7.53. The highest BCUT2D eigenvalue weighted by molar-refractivity contribution is 6.04. The Morgan fingerprint density at radius 1 is 1.25 bits per heavy atom. The lowest BCUT2D eigenvalue weighted by molar-refractivity contribution is -0.0801. The summed E-state index contributed by atoms with van der Waals surface area (Å²) in [7, 11) is 1.63. The molecular weight excluding hydrogens is 352 g/mol. The molecule has 0 radical (unpaired) electrons. The lowest BCUT2D eigenvalue weighted by Crippen LogP contribution is -2.49. The molecule has 1 saturated heterocycles. The van der Waals surface area contributed by atoms with Crippen molar-refractivity contribution in [3.05, 3.63) is 59.2 Å². The van der Waals surface area contributed by atoms with Crippen LogP contribution >= 0.6 is 0 Å². The quantitative estimate of drug-likeness (QED) is 0.850. The van der Waals surface area contributed by atoms with Gasteiger partial charge in [-0.05, 0) is 73.3 Å². The molecule has 5 heteroatoms. The van der Waals surface area contributed by atoms with Crippen molar-refractivity contribution >= 4 is 11.6 Å². The minimum atomic E-state index is -0.101. The fourth-order valence-corrected chi connectivity index (χ4v) is 4.37. The summed E-state index contributed by atoms with van der Waals surface area (Å²) < 4.78 is 11.3. The first-order chi connectivity index (χ1) is 13.7. The van der Waals surface area contributed by atoms with Crippen LogP contribution in [0.1, 0.15) is 47.4 Å². The van der Waals surface area contributed by atoms with Crippen LogP contribution in [-0.4, -0.2) is 43.7 Å². The second kappa shape index (κ2) is 8.33. The third-order valence-corrected chi connectivity index (χ3v) is 5.78. The van der Waals surface area contributed by atoms with Crippen molar-refractivity contribution < 1.29 is 14.3 Å². The number of morpholine rings is 1. The highest BCUT2D eigenvalue weighted by Gasteiger charge is 2.37. The van der Waals surface area contributed by atoms with Crippen LogP contribution in [-0.2, 0) is 11.2 Å². The molecule has 0 spiro atoms. The summed E-state index contributed by atoms with van der Waals surface area (Å²) in [6.07, 6.45) is 3.38. The molecule has 1 amide bonds. The van der Waals surface area contributed by atoms with E-state index in [1.807, 2.05) is 36.4 Å². The van der Waals surface area contributed by atoms with Crippen molar-refractivity contribution in [3.8, 4) is 5.75 Å². The first-order valence-electron chi connectivity index (χ1n) is 10.1. The predicted molar refractivity (Wildman–Crippen MR) is 110 cm³/mol. The fourth-order valence-electron chi connectivity index (χ4n) is 4.37. The second-order valence-electron chi connectivity index (χ2n) is 7.53. The average molecular weight is 380 g/mol. The summed E-state index contributed by atoms with van der Waals surface area (Å²) >= 11 is 0. The maximum Gasteiger partial charge on any atom is 0.255 e. The molecule has 2 aromatic carbocycles. The maximum atomic E-state index is 12.8. The van der Waals surface area contributed by atoms with Crippen molar-refractivity contribution in [3.63, 3.8) is 0 Å². The van der Waals surface area contributed by atoms with Gasteiger partial charge < -0.3 is 14.8 Å². The number of benzene rings is 2. The molecule has 2 atom stereocenters. The molecular formula is C23H28N2O3. The molecule has 1 N–H and O–H groups in total. The molecule has 1 aliphatic heterocycles. The van der Waals surface area contributed by atoms with E-state index in [4.69, 9.17) is 9.47 Å². The highest BCUT2D eigenvalue weighted by Crippen LogP contribution is 2.38. The smallest absolute Gasteiger partial charge is 0.255 e. The molecule has 0 aromatic heterocycles. The highest BCUT2D eigenvalue weighted by atomic mass is 16.5. The number of carbonyl (C=O) groups is 1. The molecule has 0 unspecified atom stereocenters. The number of hydrogen-bond donors (Lipinski definition) is 1.